The molecule has 0 aliphatic rings. The summed E-state index contributed by atoms with van der Waals surface area (Å²) in [5.74, 6) is -3.96. The second-order valence-electron chi connectivity index (χ2n) is 7.41. The van der Waals surface area contributed by atoms with Crippen LogP contribution < -0.4 is 32.7 Å². The summed E-state index contributed by atoms with van der Waals surface area (Å²) in [4.78, 5) is 71.3. The molecule has 0 unspecified atom stereocenters. The number of aldehydes is 1. The molecule has 34 heavy (non-hydrogen) atoms. The number of carbonyl (C=O) groups is 6. The van der Waals surface area contributed by atoms with Crippen LogP contribution in [-0.4, -0.2) is 78.2 Å². The predicted octanol–water partition coefficient (Wildman–Crippen LogP) is -3.79. The van der Waals surface area contributed by atoms with Crippen molar-refractivity contribution in [3.63, 3.8) is 0 Å². The van der Waals surface area contributed by atoms with Crippen LogP contribution in [0.3, 0.4) is 0 Å². The van der Waals surface area contributed by atoms with Gasteiger partial charge < -0.3 is 42.6 Å². The smallest absolute Gasteiger partial charge is 0.243 e. The van der Waals surface area contributed by atoms with Crippen molar-refractivity contribution in [3.05, 3.63) is 35.9 Å². The summed E-state index contributed by atoms with van der Waals surface area (Å²) in [5, 5.41) is 18.5. The van der Waals surface area contributed by atoms with Gasteiger partial charge in [-0.1, -0.05) is 30.3 Å². The third kappa shape index (κ3) is 9.75. The van der Waals surface area contributed by atoms with Crippen molar-refractivity contribution in [2.24, 2.45) is 11.5 Å². The number of aliphatic hydroxyl groups is 1. The number of hydrogen-bond donors (Lipinski definition) is 7. The third-order valence-electron chi connectivity index (χ3n) is 4.60. The normalized spacial score (nSPS) is 14.0. The Kier molecular flexibility index (Phi) is 11.9. The average Bonchev–Trinajstić information content (AvgIpc) is 2.81. The predicted molar refractivity (Wildman–Crippen MR) is 120 cm³/mol. The minimum Gasteiger partial charge on any atom is -0.394 e. The highest BCUT2D eigenvalue weighted by Gasteiger charge is 2.29. The van der Waals surface area contributed by atoms with Gasteiger partial charge in [0.1, 0.15) is 30.5 Å². The van der Waals surface area contributed by atoms with E-state index in [1.165, 1.54) is 6.92 Å². The highest BCUT2D eigenvalue weighted by molar-refractivity contribution is 5.96. The maximum Gasteiger partial charge on any atom is 0.243 e. The van der Waals surface area contributed by atoms with Crippen LogP contribution in [0.4, 0.5) is 0 Å². The molecule has 13 nitrogen and oxygen atoms in total. The van der Waals surface area contributed by atoms with Gasteiger partial charge in [0.25, 0.3) is 0 Å². The van der Waals surface area contributed by atoms with Crippen LogP contribution in [-0.2, 0) is 35.2 Å². The van der Waals surface area contributed by atoms with Crippen LogP contribution >= 0.6 is 0 Å². The number of carbonyl (C=O) groups excluding carboxylic acids is 6. The summed E-state index contributed by atoms with van der Waals surface area (Å²) in [6.45, 7) is 0.379. The fourth-order valence-electron chi connectivity index (χ4n) is 2.77. The Bertz CT molecular complexity index is 880. The standard InChI is InChI=1S/C21H30N6O7/c1-12(18(31)26-16(10-17(23)30)20(33)24-7-8-28)25-21(34)15(27-19(32)14(22)11-29)9-13-5-3-2-4-6-13/h2-6,8,12,14-16,29H,7,9-11,22H2,1H3,(H2,23,30)(H,24,33)(H,25,34)(H,26,31)(H,27,32)/t12-,14-,15-,16-/m0/s1. The fourth-order valence-corrected chi connectivity index (χ4v) is 2.77. The fraction of sp³-hybridized carbons (Fsp3) is 0.429. The molecule has 1 rings (SSSR count). The van der Waals surface area contributed by atoms with Crippen molar-refractivity contribution >= 4 is 35.8 Å². The molecule has 0 radical (unpaired) electrons. The van der Waals surface area contributed by atoms with Crippen LogP contribution in [0.1, 0.15) is 18.9 Å². The molecule has 0 aromatic heterocycles. The van der Waals surface area contributed by atoms with Gasteiger partial charge in [-0.3, -0.25) is 24.0 Å². The zero-order valence-corrected chi connectivity index (χ0v) is 18.7. The minimum atomic E-state index is -1.35. The Labute approximate surface area is 196 Å². The largest absolute Gasteiger partial charge is 0.394 e. The van der Waals surface area contributed by atoms with Gasteiger partial charge in [-0.05, 0) is 12.5 Å². The van der Waals surface area contributed by atoms with E-state index in [1.54, 1.807) is 30.3 Å². The number of nitrogens with two attached hydrogens (primary N) is 2. The average molecular weight is 479 g/mol. The molecule has 0 aliphatic heterocycles. The lowest BCUT2D eigenvalue weighted by molar-refractivity contribution is -0.134. The van der Waals surface area contributed by atoms with Crippen molar-refractivity contribution in [2.75, 3.05) is 13.2 Å². The maximum absolute atomic E-state index is 12.8. The summed E-state index contributed by atoms with van der Waals surface area (Å²) in [6.07, 6.45) is -0.0279. The first-order chi connectivity index (χ1) is 16.1. The van der Waals surface area contributed by atoms with Crippen LogP contribution in [0.15, 0.2) is 30.3 Å². The molecule has 5 amide bonds. The van der Waals surface area contributed by atoms with Crippen molar-refractivity contribution in [2.45, 2.75) is 43.9 Å². The molecular formula is C21H30N6O7. The second-order valence-corrected chi connectivity index (χ2v) is 7.41. The molecule has 0 spiro atoms. The molecule has 0 saturated carbocycles. The molecule has 4 atom stereocenters. The first-order valence-electron chi connectivity index (χ1n) is 10.4. The van der Waals surface area contributed by atoms with E-state index in [0.717, 1.165) is 0 Å². The van der Waals surface area contributed by atoms with E-state index in [2.05, 4.69) is 21.3 Å². The Morgan fingerprint density at radius 1 is 0.941 bits per heavy atom. The van der Waals surface area contributed by atoms with Crippen molar-refractivity contribution in [3.8, 4) is 0 Å². The van der Waals surface area contributed by atoms with E-state index < -0.39 is 66.7 Å². The van der Waals surface area contributed by atoms with Crippen molar-refractivity contribution < 1.29 is 33.9 Å². The highest BCUT2D eigenvalue weighted by atomic mass is 16.3. The van der Waals surface area contributed by atoms with Crippen molar-refractivity contribution in [1.29, 1.82) is 0 Å². The summed E-state index contributed by atoms with van der Waals surface area (Å²) >= 11 is 0. The number of benzene rings is 1. The molecule has 0 aliphatic carbocycles. The van der Waals surface area contributed by atoms with E-state index in [9.17, 15) is 28.8 Å². The van der Waals surface area contributed by atoms with Crippen molar-refractivity contribution in [1.82, 2.24) is 21.3 Å². The van der Waals surface area contributed by atoms with E-state index in [-0.39, 0.29) is 13.0 Å². The van der Waals surface area contributed by atoms with Crippen LogP contribution in [0.5, 0.6) is 0 Å². The van der Waals surface area contributed by atoms with Gasteiger partial charge in [0.05, 0.1) is 19.6 Å². The number of primary amides is 1. The van der Waals surface area contributed by atoms with Gasteiger partial charge in [0.2, 0.25) is 29.5 Å². The zero-order valence-electron chi connectivity index (χ0n) is 18.7. The number of amides is 5. The topological polar surface area (TPSA) is 223 Å². The maximum atomic E-state index is 12.8. The summed E-state index contributed by atoms with van der Waals surface area (Å²) < 4.78 is 0. The summed E-state index contributed by atoms with van der Waals surface area (Å²) in [5.41, 5.74) is 11.3. The lowest BCUT2D eigenvalue weighted by Gasteiger charge is -2.24. The summed E-state index contributed by atoms with van der Waals surface area (Å²) in [6, 6.07) is 3.84. The summed E-state index contributed by atoms with van der Waals surface area (Å²) in [7, 11) is 0. The molecule has 0 fully saturated rings. The lowest BCUT2D eigenvalue weighted by atomic mass is 10.0. The highest BCUT2D eigenvalue weighted by Crippen LogP contribution is 2.05. The van der Waals surface area contributed by atoms with Gasteiger partial charge in [0.15, 0.2) is 0 Å². The third-order valence-corrected chi connectivity index (χ3v) is 4.60. The molecule has 0 saturated heterocycles. The molecular weight excluding hydrogens is 448 g/mol. The van der Waals surface area contributed by atoms with Gasteiger partial charge in [0, 0.05) is 6.42 Å². The molecule has 0 heterocycles. The number of nitrogens with one attached hydrogen (secondary N) is 4. The lowest BCUT2D eigenvalue weighted by Crippen LogP contribution is -2.58. The van der Waals surface area contributed by atoms with Gasteiger partial charge in [-0.2, -0.15) is 0 Å². The Balaban J connectivity index is 2.90. The Morgan fingerprint density at radius 2 is 1.56 bits per heavy atom. The van der Waals surface area contributed by atoms with Gasteiger partial charge in [-0.15, -0.1) is 0 Å². The Hall–Kier alpha value is -3.84. The van der Waals surface area contributed by atoms with E-state index in [1.807, 2.05) is 0 Å². The van der Waals surface area contributed by atoms with E-state index in [4.69, 9.17) is 16.6 Å². The number of rotatable bonds is 14. The molecule has 0 bridgehead atoms. The quantitative estimate of drug-likeness (QED) is 0.131. The SMILES string of the molecule is C[C@H](NC(=O)[C@H](Cc1ccccc1)NC(=O)[C@@H](N)CO)C(=O)N[C@@H](CC(N)=O)C(=O)NCC=O. The van der Waals surface area contributed by atoms with Crippen LogP contribution in [0.25, 0.3) is 0 Å². The first-order valence-corrected chi connectivity index (χ1v) is 10.4. The monoisotopic (exact) mass is 478 g/mol. The number of aliphatic hydroxyl groups excluding tert-OH is 1. The second kappa shape index (κ2) is 14.3. The molecule has 13 heteroatoms. The Morgan fingerprint density at radius 3 is 2.12 bits per heavy atom. The minimum absolute atomic E-state index is 0.0727. The van der Waals surface area contributed by atoms with Crippen LogP contribution in [0.2, 0.25) is 0 Å². The molecule has 1 aromatic rings. The molecule has 9 N–H and O–H groups in total. The molecule has 186 valence electrons. The van der Waals surface area contributed by atoms with Gasteiger partial charge in [-0.25, -0.2) is 0 Å². The van der Waals surface area contributed by atoms with Crippen LogP contribution in [0, 0.1) is 0 Å². The van der Waals surface area contributed by atoms with E-state index in [0.29, 0.717) is 11.8 Å². The van der Waals surface area contributed by atoms with E-state index >= 15 is 0 Å². The number of hydrogen-bond acceptors (Lipinski definition) is 8. The molecule has 1 aromatic carbocycles. The van der Waals surface area contributed by atoms with Gasteiger partial charge >= 0.3 is 0 Å². The first kappa shape index (κ1) is 28.2. The zero-order chi connectivity index (χ0) is 25.7.